The van der Waals surface area contributed by atoms with Gasteiger partial charge in [0.05, 0.1) is 12.1 Å². The van der Waals surface area contributed by atoms with Gasteiger partial charge in [0.25, 0.3) is 5.56 Å². The van der Waals surface area contributed by atoms with Crippen LogP contribution in [0.2, 0.25) is 0 Å². The van der Waals surface area contributed by atoms with E-state index in [1.165, 1.54) is 10.5 Å². The monoisotopic (exact) mass is 289 g/mol. The minimum atomic E-state index is -0.652. The fourth-order valence-corrected chi connectivity index (χ4v) is 2.69. The van der Waals surface area contributed by atoms with Crippen LogP contribution in [0.25, 0.3) is 5.52 Å². The number of carbonyl (C=O) groups excluding carboxylic acids is 1. The van der Waals surface area contributed by atoms with E-state index in [1.54, 1.807) is 19.9 Å². The number of hydrogen-bond acceptors (Lipinski definition) is 3. The zero-order chi connectivity index (χ0) is 15.1. The van der Waals surface area contributed by atoms with E-state index in [-0.39, 0.29) is 12.2 Å². The van der Waals surface area contributed by atoms with Gasteiger partial charge in [0.1, 0.15) is 11.4 Å². The fourth-order valence-electron chi connectivity index (χ4n) is 2.69. The van der Waals surface area contributed by atoms with Crippen molar-refractivity contribution >= 4 is 11.5 Å². The van der Waals surface area contributed by atoms with E-state index in [0.29, 0.717) is 17.0 Å². The Bertz CT molecular complexity index is 790. The predicted molar refractivity (Wildman–Crippen MR) is 76.3 cm³/mol. The van der Waals surface area contributed by atoms with Crippen molar-refractivity contribution in [2.45, 2.75) is 32.6 Å². The number of nitrogens with zero attached hydrogens (tertiary/aromatic N) is 1. The number of pyridine rings is 2. The first-order chi connectivity index (χ1) is 10.0. The highest BCUT2D eigenvalue weighted by atomic mass is 19.1. The number of rotatable bonds is 3. The number of fused-ring (bicyclic) bond motifs is 1. The van der Waals surface area contributed by atoms with Gasteiger partial charge >= 0.3 is 5.97 Å². The third-order valence-corrected chi connectivity index (χ3v) is 3.76. The third kappa shape index (κ3) is 2.33. The summed E-state index contributed by atoms with van der Waals surface area (Å²) in [7, 11) is 0. The largest absolute Gasteiger partial charge is 0.462 e. The SMILES string of the molecule is CCOC(=O)c1cc(C2CC2)c2c(C)cc(F)cn2c1=O. The maximum atomic E-state index is 13.6. The van der Waals surface area contributed by atoms with Gasteiger partial charge in [0.15, 0.2) is 0 Å². The lowest BCUT2D eigenvalue weighted by Gasteiger charge is -2.12. The molecule has 0 atom stereocenters. The summed E-state index contributed by atoms with van der Waals surface area (Å²) < 4.78 is 19.8. The molecule has 21 heavy (non-hydrogen) atoms. The van der Waals surface area contributed by atoms with Gasteiger partial charge < -0.3 is 4.74 Å². The molecule has 0 aliphatic heterocycles. The second kappa shape index (κ2) is 4.98. The number of aryl methyl sites for hydroxylation is 1. The quantitative estimate of drug-likeness (QED) is 0.816. The minimum Gasteiger partial charge on any atom is -0.462 e. The van der Waals surface area contributed by atoms with E-state index < -0.39 is 17.3 Å². The molecule has 3 rings (SSSR count). The Kier molecular flexibility index (Phi) is 3.27. The third-order valence-electron chi connectivity index (χ3n) is 3.76. The van der Waals surface area contributed by atoms with Gasteiger partial charge in [-0.2, -0.15) is 0 Å². The molecule has 110 valence electrons. The van der Waals surface area contributed by atoms with Crippen LogP contribution < -0.4 is 5.56 Å². The van der Waals surface area contributed by atoms with Crippen LogP contribution in [-0.2, 0) is 4.74 Å². The Morgan fingerprint density at radius 3 is 2.76 bits per heavy atom. The average molecular weight is 289 g/mol. The zero-order valence-electron chi connectivity index (χ0n) is 12.0. The average Bonchev–Trinajstić information content (AvgIpc) is 3.24. The van der Waals surface area contributed by atoms with E-state index in [4.69, 9.17) is 4.74 Å². The number of ether oxygens (including phenoxy) is 1. The van der Waals surface area contributed by atoms with Crippen molar-refractivity contribution in [3.05, 3.63) is 51.2 Å². The number of carbonyl (C=O) groups is 1. The molecule has 0 aromatic carbocycles. The van der Waals surface area contributed by atoms with Crippen molar-refractivity contribution in [1.82, 2.24) is 4.40 Å². The van der Waals surface area contributed by atoms with E-state index in [9.17, 15) is 14.0 Å². The second-order valence-corrected chi connectivity index (χ2v) is 5.37. The van der Waals surface area contributed by atoms with Crippen molar-refractivity contribution in [3.8, 4) is 0 Å². The first kappa shape index (κ1) is 13.8. The topological polar surface area (TPSA) is 47.8 Å². The van der Waals surface area contributed by atoms with Crippen LogP contribution >= 0.6 is 0 Å². The molecule has 0 N–H and O–H groups in total. The molecule has 2 heterocycles. The molecule has 0 unspecified atom stereocenters. The number of esters is 1. The highest BCUT2D eigenvalue weighted by Gasteiger charge is 2.29. The van der Waals surface area contributed by atoms with Gasteiger partial charge in [0, 0.05) is 6.20 Å². The van der Waals surface area contributed by atoms with Gasteiger partial charge in [0.2, 0.25) is 0 Å². The summed E-state index contributed by atoms with van der Waals surface area (Å²) in [5.41, 5.74) is 1.77. The summed E-state index contributed by atoms with van der Waals surface area (Å²) in [6, 6.07) is 3.03. The van der Waals surface area contributed by atoms with Crippen molar-refractivity contribution in [2.75, 3.05) is 6.61 Å². The Labute approximate surface area is 121 Å². The van der Waals surface area contributed by atoms with E-state index in [2.05, 4.69) is 0 Å². The molecule has 4 nitrogen and oxygen atoms in total. The smallest absolute Gasteiger partial charge is 0.343 e. The van der Waals surface area contributed by atoms with Gasteiger partial charge in [-0.1, -0.05) is 0 Å². The van der Waals surface area contributed by atoms with Crippen LogP contribution in [-0.4, -0.2) is 17.0 Å². The van der Waals surface area contributed by atoms with E-state index in [1.807, 2.05) is 0 Å². The Hall–Kier alpha value is -2.17. The maximum Gasteiger partial charge on any atom is 0.343 e. The molecule has 1 fully saturated rings. The van der Waals surface area contributed by atoms with Crippen LogP contribution in [0, 0.1) is 12.7 Å². The van der Waals surface area contributed by atoms with Gasteiger partial charge in [-0.3, -0.25) is 9.20 Å². The summed E-state index contributed by atoms with van der Waals surface area (Å²) in [6.45, 7) is 3.65. The molecule has 5 heteroatoms. The molecule has 0 radical (unpaired) electrons. The standard InChI is InChI=1S/C16H16FNO3/c1-3-21-16(20)13-7-12(10-4-5-10)14-9(2)6-11(17)8-18(14)15(13)19/h6-8,10H,3-5H2,1-2H3. The highest BCUT2D eigenvalue weighted by molar-refractivity contribution is 5.90. The minimum absolute atomic E-state index is 0.0266. The number of aromatic nitrogens is 1. The number of hydrogen-bond donors (Lipinski definition) is 0. The summed E-state index contributed by atoms with van der Waals surface area (Å²) >= 11 is 0. The molecule has 0 spiro atoms. The lowest BCUT2D eigenvalue weighted by Crippen LogP contribution is -2.25. The normalized spacial score (nSPS) is 14.4. The molecule has 0 bridgehead atoms. The van der Waals surface area contributed by atoms with Gasteiger partial charge in [-0.05, 0) is 55.9 Å². The molecule has 1 aliphatic carbocycles. The Morgan fingerprint density at radius 2 is 2.14 bits per heavy atom. The fraction of sp³-hybridized carbons (Fsp3) is 0.375. The molecule has 0 amide bonds. The van der Waals surface area contributed by atoms with Crippen LogP contribution in [0.1, 0.15) is 47.2 Å². The predicted octanol–water partition coefficient (Wildman–Crippen LogP) is 2.80. The lowest BCUT2D eigenvalue weighted by molar-refractivity contribution is 0.0524. The molecule has 2 aromatic rings. The summed E-state index contributed by atoms with van der Waals surface area (Å²) in [5.74, 6) is -0.816. The van der Waals surface area contributed by atoms with Crippen molar-refractivity contribution in [2.24, 2.45) is 0 Å². The van der Waals surface area contributed by atoms with Gasteiger partial charge in [-0.25, -0.2) is 9.18 Å². The van der Waals surface area contributed by atoms with E-state index >= 15 is 0 Å². The molecule has 0 saturated heterocycles. The van der Waals surface area contributed by atoms with Crippen LogP contribution in [0.5, 0.6) is 0 Å². The maximum absolute atomic E-state index is 13.6. The van der Waals surface area contributed by atoms with E-state index in [0.717, 1.165) is 24.6 Å². The van der Waals surface area contributed by atoms with Crippen LogP contribution in [0.3, 0.4) is 0 Å². The summed E-state index contributed by atoms with van der Waals surface area (Å²) in [5, 5.41) is 0. The number of halogens is 1. The summed E-state index contributed by atoms with van der Waals surface area (Å²) in [4.78, 5) is 24.4. The Balaban J connectivity index is 2.34. The summed E-state index contributed by atoms with van der Waals surface area (Å²) in [6.07, 6.45) is 3.18. The molecule has 1 aliphatic rings. The van der Waals surface area contributed by atoms with Crippen molar-refractivity contribution in [3.63, 3.8) is 0 Å². The van der Waals surface area contributed by atoms with Gasteiger partial charge in [-0.15, -0.1) is 0 Å². The molecule has 1 saturated carbocycles. The lowest BCUT2D eigenvalue weighted by atomic mass is 10.0. The first-order valence-corrected chi connectivity index (χ1v) is 7.05. The molecule has 2 aromatic heterocycles. The van der Waals surface area contributed by atoms with Crippen LogP contribution in [0.4, 0.5) is 4.39 Å². The first-order valence-electron chi connectivity index (χ1n) is 7.05. The van der Waals surface area contributed by atoms with Crippen molar-refractivity contribution in [1.29, 1.82) is 0 Å². The van der Waals surface area contributed by atoms with Crippen molar-refractivity contribution < 1.29 is 13.9 Å². The van der Waals surface area contributed by atoms with Crippen LogP contribution in [0.15, 0.2) is 23.1 Å². The molecular weight excluding hydrogens is 273 g/mol. The Morgan fingerprint density at radius 1 is 1.43 bits per heavy atom. The second-order valence-electron chi connectivity index (χ2n) is 5.37. The zero-order valence-corrected chi connectivity index (χ0v) is 12.0. The molecular formula is C16H16FNO3. The highest BCUT2D eigenvalue weighted by Crippen LogP contribution is 2.42.